The fourth-order valence-corrected chi connectivity index (χ4v) is 1.89. The minimum atomic E-state index is -0.299. The van der Waals surface area contributed by atoms with Gasteiger partial charge in [0.1, 0.15) is 11.8 Å². The summed E-state index contributed by atoms with van der Waals surface area (Å²) in [5, 5.41) is 12.5. The topological polar surface area (TPSA) is 45.0 Å². The SMILES string of the molecule is COc1cccc(CNC(C#N)c2ccccc2)c1. The highest BCUT2D eigenvalue weighted by Crippen LogP contribution is 2.15. The Kier molecular flexibility index (Phi) is 4.54. The minimum absolute atomic E-state index is 0.299. The van der Waals surface area contributed by atoms with E-state index in [1.807, 2.05) is 54.6 Å². The smallest absolute Gasteiger partial charge is 0.121 e. The molecule has 0 aliphatic carbocycles. The molecule has 0 saturated heterocycles. The van der Waals surface area contributed by atoms with Crippen molar-refractivity contribution in [1.29, 1.82) is 5.26 Å². The predicted octanol–water partition coefficient (Wildman–Crippen LogP) is 3.05. The Morgan fingerprint density at radius 2 is 1.95 bits per heavy atom. The molecule has 0 saturated carbocycles. The molecule has 0 amide bonds. The first-order valence-corrected chi connectivity index (χ1v) is 6.14. The molecule has 1 atom stereocenters. The van der Waals surface area contributed by atoms with Gasteiger partial charge in [0.25, 0.3) is 0 Å². The van der Waals surface area contributed by atoms with Crippen LogP contribution in [0.25, 0.3) is 0 Å². The van der Waals surface area contributed by atoms with Crippen molar-refractivity contribution in [2.24, 2.45) is 0 Å². The number of nitrogens with one attached hydrogen (secondary N) is 1. The summed E-state index contributed by atoms with van der Waals surface area (Å²) < 4.78 is 5.18. The third-order valence-corrected chi connectivity index (χ3v) is 2.91. The Labute approximate surface area is 113 Å². The Morgan fingerprint density at radius 1 is 1.16 bits per heavy atom. The fraction of sp³-hybridized carbons (Fsp3) is 0.188. The lowest BCUT2D eigenvalue weighted by atomic mass is 10.1. The van der Waals surface area contributed by atoms with Crippen molar-refractivity contribution in [3.8, 4) is 11.8 Å². The molecular formula is C16H16N2O. The number of benzene rings is 2. The highest BCUT2D eigenvalue weighted by Gasteiger charge is 2.08. The van der Waals surface area contributed by atoms with Gasteiger partial charge in [-0.05, 0) is 23.3 Å². The second-order valence-corrected chi connectivity index (χ2v) is 4.21. The summed E-state index contributed by atoms with van der Waals surface area (Å²) in [4.78, 5) is 0. The average molecular weight is 252 g/mol. The molecule has 3 nitrogen and oxygen atoms in total. The van der Waals surface area contributed by atoms with E-state index in [-0.39, 0.29) is 6.04 Å². The Hall–Kier alpha value is -2.31. The first-order chi connectivity index (χ1) is 9.33. The monoisotopic (exact) mass is 252 g/mol. The molecule has 0 heterocycles. The van der Waals surface area contributed by atoms with Crippen LogP contribution in [0.3, 0.4) is 0 Å². The van der Waals surface area contributed by atoms with Gasteiger partial charge in [0.2, 0.25) is 0 Å². The van der Waals surface area contributed by atoms with E-state index in [0.29, 0.717) is 6.54 Å². The molecule has 1 unspecified atom stereocenters. The van der Waals surface area contributed by atoms with E-state index in [1.165, 1.54) is 0 Å². The van der Waals surface area contributed by atoms with Crippen LogP contribution in [0.2, 0.25) is 0 Å². The van der Waals surface area contributed by atoms with Gasteiger partial charge in [-0.1, -0.05) is 42.5 Å². The van der Waals surface area contributed by atoms with Gasteiger partial charge in [-0.2, -0.15) is 5.26 Å². The van der Waals surface area contributed by atoms with Crippen molar-refractivity contribution >= 4 is 0 Å². The van der Waals surface area contributed by atoms with Crippen molar-refractivity contribution in [3.05, 3.63) is 65.7 Å². The van der Waals surface area contributed by atoms with Crippen molar-refractivity contribution < 1.29 is 4.74 Å². The summed E-state index contributed by atoms with van der Waals surface area (Å²) in [6, 6.07) is 19.5. The van der Waals surface area contributed by atoms with E-state index in [0.717, 1.165) is 16.9 Å². The maximum absolute atomic E-state index is 9.22. The number of rotatable bonds is 5. The quantitative estimate of drug-likeness (QED) is 0.889. The molecule has 0 aromatic heterocycles. The van der Waals surface area contributed by atoms with Crippen LogP contribution >= 0.6 is 0 Å². The summed E-state index contributed by atoms with van der Waals surface area (Å²) >= 11 is 0. The van der Waals surface area contributed by atoms with E-state index < -0.39 is 0 Å². The molecule has 0 aliphatic rings. The molecule has 0 spiro atoms. The van der Waals surface area contributed by atoms with Crippen LogP contribution in [-0.2, 0) is 6.54 Å². The standard InChI is InChI=1S/C16H16N2O/c1-19-15-9-5-6-13(10-15)12-18-16(11-17)14-7-3-2-4-8-14/h2-10,16,18H,12H2,1H3. The van der Waals surface area contributed by atoms with Crippen LogP contribution in [0.1, 0.15) is 17.2 Å². The second kappa shape index (κ2) is 6.58. The van der Waals surface area contributed by atoms with Gasteiger partial charge in [0.05, 0.1) is 13.2 Å². The maximum Gasteiger partial charge on any atom is 0.121 e. The fourth-order valence-electron chi connectivity index (χ4n) is 1.89. The molecule has 2 aromatic carbocycles. The summed E-state index contributed by atoms with van der Waals surface area (Å²) in [6.07, 6.45) is 0. The highest BCUT2D eigenvalue weighted by molar-refractivity contribution is 5.29. The lowest BCUT2D eigenvalue weighted by Crippen LogP contribution is -2.19. The van der Waals surface area contributed by atoms with Crippen LogP contribution in [0.4, 0.5) is 0 Å². The molecule has 0 bridgehead atoms. The first-order valence-electron chi connectivity index (χ1n) is 6.14. The van der Waals surface area contributed by atoms with E-state index >= 15 is 0 Å². The van der Waals surface area contributed by atoms with Crippen molar-refractivity contribution in [2.75, 3.05) is 7.11 Å². The Balaban J connectivity index is 2.02. The molecule has 2 rings (SSSR count). The first kappa shape index (κ1) is 13.1. The maximum atomic E-state index is 9.22. The normalized spacial score (nSPS) is 11.6. The number of nitriles is 1. The molecule has 0 fully saturated rings. The van der Waals surface area contributed by atoms with Gasteiger partial charge >= 0.3 is 0 Å². The van der Waals surface area contributed by atoms with Crippen LogP contribution in [0, 0.1) is 11.3 Å². The Morgan fingerprint density at radius 3 is 2.63 bits per heavy atom. The van der Waals surface area contributed by atoms with Crippen molar-refractivity contribution in [3.63, 3.8) is 0 Å². The summed E-state index contributed by atoms with van der Waals surface area (Å²) in [6.45, 7) is 0.629. The van der Waals surface area contributed by atoms with E-state index in [1.54, 1.807) is 7.11 Å². The number of methoxy groups -OCH3 is 1. The third kappa shape index (κ3) is 3.57. The number of nitrogens with zero attached hydrogens (tertiary/aromatic N) is 1. The average Bonchev–Trinajstić information content (AvgIpc) is 2.49. The molecule has 19 heavy (non-hydrogen) atoms. The van der Waals surface area contributed by atoms with Crippen LogP contribution < -0.4 is 10.1 Å². The van der Waals surface area contributed by atoms with Crippen molar-refractivity contribution in [2.45, 2.75) is 12.6 Å². The van der Waals surface area contributed by atoms with Crippen molar-refractivity contribution in [1.82, 2.24) is 5.32 Å². The highest BCUT2D eigenvalue weighted by atomic mass is 16.5. The lowest BCUT2D eigenvalue weighted by Gasteiger charge is -2.12. The van der Waals surface area contributed by atoms with Gasteiger partial charge in [0, 0.05) is 6.54 Å². The van der Waals surface area contributed by atoms with Crippen LogP contribution in [0.15, 0.2) is 54.6 Å². The van der Waals surface area contributed by atoms with Crippen LogP contribution in [0.5, 0.6) is 5.75 Å². The van der Waals surface area contributed by atoms with Gasteiger partial charge in [-0.3, -0.25) is 5.32 Å². The summed E-state index contributed by atoms with van der Waals surface area (Å²) in [7, 11) is 1.65. The molecule has 0 radical (unpaired) electrons. The van der Waals surface area contributed by atoms with E-state index in [4.69, 9.17) is 4.74 Å². The van der Waals surface area contributed by atoms with Gasteiger partial charge in [-0.25, -0.2) is 0 Å². The molecule has 1 N–H and O–H groups in total. The third-order valence-electron chi connectivity index (χ3n) is 2.91. The number of ether oxygens (including phenoxy) is 1. The molecule has 96 valence electrons. The number of hydrogen-bond donors (Lipinski definition) is 1. The predicted molar refractivity (Wildman–Crippen MR) is 74.6 cm³/mol. The zero-order chi connectivity index (χ0) is 13.5. The number of hydrogen-bond acceptors (Lipinski definition) is 3. The van der Waals surface area contributed by atoms with Gasteiger partial charge in [0.15, 0.2) is 0 Å². The zero-order valence-corrected chi connectivity index (χ0v) is 10.8. The largest absolute Gasteiger partial charge is 0.497 e. The van der Waals surface area contributed by atoms with E-state index in [9.17, 15) is 5.26 Å². The molecular weight excluding hydrogens is 236 g/mol. The summed E-state index contributed by atoms with van der Waals surface area (Å²) in [5.74, 6) is 0.826. The Bertz CT molecular complexity index is 560. The van der Waals surface area contributed by atoms with E-state index in [2.05, 4.69) is 11.4 Å². The zero-order valence-electron chi connectivity index (χ0n) is 10.8. The van der Waals surface area contributed by atoms with Gasteiger partial charge in [-0.15, -0.1) is 0 Å². The lowest BCUT2D eigenvalue weighted by molar-refractivity contribution is 0.414. The minimum Gasteiger partial charge on any atom is -0.497 e. The van der Waals surface area contributed by atoms with Gasteiger partial charge < -0.3 is 4.74 Å². The molecule has 0 aliphatic heterocycles. The van der Waals surface area contributed by atoms with Crippen LogP contribution in [-0.4, -0.2) is 7.11 Å². The molecule has 2 aromatic rings. The second-order valence-electron chi connectivity index (χ2n) is 4.21. The molecule has 3 heteroatoms. The summed E-state index contributed by atoms with van der Waals surface area (Å²) in [5.41, 5.74) is 2.07.